The average Bonchev–Trinajstić information content (AvgIpc) is 2.92. The Morgan fingerprint density at radius 3 is 2.04 bits per heavy atom. The van der Waals surface area contributed by atoms with E-state index < -0.39 is 5.79 Å². The minimum Gasteiger partial charge on any atom is -0.448 e. The predicted molar refractivity (Wildman–Crippen MR) is 100 cm³/mol. The van der Waals surface area contributed by atoms with Gasteiger partial charge in [0.15, 0.2) is 11.5 Å². The van der Waals surface area contributed by atoms with Crippen molar-refractivity contribution in [2.45, 2.75) is 70.6 Å². The summed E-state index contributed by atoms with van der Waals surface area (Å²) in [5.74, 6) is 0.925. The fourth-order valence-electron chi connectivity index (χ4n) is 4.61. The van der Waals surface area contributed by atoms with Gasteiger partial charge >= 0.3 is 0 Å². The van der Waals surface area contributed by atoms with Crippen LogP contribution in [-0.4, -0.2) is 11.3 Å². The lowest BCUT2D eigenvalue weighted by Crippen LogP contribution is -2.62. The standard InChI is InChI=1S/C18H23ClINO2/c1-10-11(2)14-15(12(19)13(10)20)23-16(3,22-14)17-4-7-18(21,8-5-17)9-6-17/h4-9,21H2,1-3H3. The monoisotopic (exact) mass is 447 g/mol. The summed E-state index contributed by atoms with van der Waals surface area (Å²) < 4.78 is 14.0. The van der Waals surface area contributed by atoms with Gasteiger partial charge in [0.05, 0.1) is 0 Å². The number of benzene rings is 1. The van der Waals surface area contributed by atoms with Crippen LogP contribution < -0.4 is 15.2 Å². The number of hydrogen-bond acceptors (Lipinski definition) is 3. The van der Waals surface area contributed by atoms with Gasteiger partial charge < -0.3 is 15.2 Å². The first-order chi connectivity index (χ1) is 10.7. The predicted octanol–water partition coefficient (Wildman–Crippen LogP) is 5.10. The van der Waals surface area contributed by atoms with E-state index in [4.69, 9.17) is 26.8 Å². The van der Waals surface area contributed by atoms with E-state index in [1.807, 2.05) is 0 Å². The van der Waals surface area contributed by atoms with E-state index in [-0.39, 0.29) is 11.0 Å². The molecular formula is C18H23ClINO2. The van der Waals surface area contributed by atoms with Crippen LogP contribution in [0.3, 0.4) is 0 Å². The maximum Gasteiger partial charge on any atom is 0.254 e. The van der Waals surface area contributed by atoms with Crippen LogP contribution in [0.1, 0.15) is 56.6 Å². The first-order valence-corrected chi connectivity index (χ1v) is 9.81. The Hall–Kier alpha value is -0.200. The minimum atomic E-state index is -0.637. The lowest BCUT2D eigenvalue weighted by Gasteiger charge is -2.56. The van der Waals surface area contributed by atoms with Crippen LogP contribution in [0.25, 0.3) is 0 Å². The Morgan fingerprint density at radius 1 is 0.957 bits per heavy atom. The molecule has 4 aliphatic rings. The van der Waals surface area contributed by atoms with E-state index >= 15 is 0 Å². The third-order valence-corrected chi connectivity index (χ3v) is 8.72. The number of hydrogen-bond donors (Lipinski definition) is 1. The SMILES string of the molecule is Cc1c(C)c2c(c(Cl)c1I)OC(C)(C13CCC(N)(CC1)CC3)O2. The summed E-state index contributed by atoms with van der Waals surface area (Å²) in [6.07, 6.45) is 6.40. The summed E-state index contributed by atoms with van der Waals surface area (Å²) in [4.78, 5) is 0. The van der Waals surface area contributed by atoms with Crippen LogP contribution in [0.5, 0.6) is 11.5 Å². The topological polar surface area (TPSA) is 44.5 Å². The van der Waals surface area contributed by atoms with Crippen LogP contribution in [0.15, 0.2) is 0 Å². The van der Waals surface area contributed by atoms with Gasteiger partial charge in [0.1, 0.15) is 5.02 Å². The quantitative estimate of drug-likeness (QED) is 0.609. The highest BCUT2D eigenvalue weighted by atomic mass is 127. The van der Waals surface area contributed by atoms with Crippen molar-refractivity contribution in [3.63, 3.8) is 0 Å². The number of ether oxygens (including phenoxy) is 2. The van der Waals surface area contributed by atoms with Crippen molar-refractivity contribution < 1.29 is 9.47 Å². The lowest BCUT2D eigenvalue weighted by molar-refractivity contribution is -0.201. The van der Waals surface area contributed by atoms with E-state index in [1.54, 1.807) is 0 Å². The molecular weight excluding hydrogens is 425 g/mol. The Morgan fingerprint density at radius 2 is 1.48 bits per heavy atom. The summed E-state index contributed by atoms with van der Waals surface area (Å²) in [7, 11) is 0. The second kappa shape index (κ2) is 4.92. The van der Waals surface area contributed by atoms with Gasteiger partial charge in [-0.15, -0.1) is 0 Å². The summed E-state index contributed by atoms with van der Waals surface area (Å²) in [6, 6.07) is 0. The van der Waals surface area contributed by atoms with Gasteiger partial charge in [-0.1, -0.05) is 11.6 Å². The van der Waals surface area contributed by atoms with Crippen molar-refractivity contribution >= 4 is 34.2 Å². The van der Waals surface area contributed by atoms with E-state index in [0.717, 1.165) is 59.2 Å². The zero-order valence-electron chi connectivity index (χ0n) is 13.9. The molecule has 2 bridgehead atoms. The smallest absolute Gasteiger partial charge is 0.254 e. The van der Waals surface area contributed by atoms with Crippen LogP contribution in [-0.2, 0) is 0 Å². The molecule has 0 saturated heterocycles. The lowest BCUT2D eigenvalue weighted by atomic mass is 9.54. The zero-order valence-corrected chi connectivity index (χ0v) is 16.8. The normalized spacial score (nSPS) is 38.2. The molecule has 1 atom stereocenters. The Balaban J connectivity index is 1.75. The summed E-state index contributed by atoms with van der Waals surface area (Å²) in [5, 5.41) is 0.684. The molecule has 2 N–H and O–H groups in total. The van der Waals surface area contributed by atoms with Gasteiger partial charge in [0.25, 0.3) is 5.79 Å². The fraction of sp³-hybridized carbons (Fsp3) is 0.667. The molecule has 3 nitrogen and oxygen atoms in total. The zero-order chi connectivity index (χ0) is 16.6. The van der Waals surface area contributed by atoms with Crippen LogP contribution >= 0.6 is 34.2 Å². The van der Waals surface area contributed by atoms with Gasteiger partial charge in [-0.25, -0.2) is 0 Å². The third-order valence-electron chi connectivity index (χ3n) is 6.69. The molecule has 1 heterocycles. The van der Waals surface area contributed by atoms with Crippen molar-refractivity contribution in [1.82, 2.24) is 0 Å². The van der Waals surface area contributed by atoms with Crippen molar-refractivity contribution in [3.05, 3.63) is 19.7 Å². The highest BCUT2D eigenvalue weighted by molar-refractivity contribution is 14.1. The minimum absolute atomic E-state index is 0.0439. The van der Waals surface area contributed by atoms with Crippen molar-refractivity contribution in [3.8, 4) is 11.5 Å². The van der Waals surface area contributed by atoms with Crippen molar-refractivity contribution in [1.29, 1.82) is 0 Å². The fourth-order valence-corrected chi connectivity index (χ4v) is 5.52. The molecule has 0 spiro atoms. The second-order valence-corrected chi connectivity index (χ2v) is 9.29. The van der Waals surface area contributed by atoms with E-state index in [0.29, 0.717) is 5.02 Å². The first-order valence-electron chi connectivity index (χ1n) is 8.35. The summed E-state index contributed by atoms with van der Waals surface area (Å²) >= 11 is 8.86. The Kier molecular flexibility index (Phi) is 3.48. The highest BCUT2D eigenvalue weighted by Gasteiger charge is 2.61. The highest BCUT2D eigenvalue weighted by Crippen LogP contribution is 2.62. The summed E-state index contributed by atoms with van der Waals surface area (Å²) in [5.41, 5.74) is 8.86. The van der Waals surface area contributed by atoms with Gasteiger partial charge in [-0.2, -0.15) is 0 Å². The van der Waals surface area contributed by atoms with E-state index in [2.05, 4.69) is 43.4 Å². The average molecular weight is 448 g/mol. The van der Waals surface area contributed by atoms with Gasteiger partial charge in [0, 0.05) is 21.4 Å². The molecule has 5 heteroatoms. The molecule has 3 saturated carbocycles. The molecule has 23 heavy (non-hydrogen) atoms. The maximum absolute atomic E-state index is 6.57. The molecule has 1 aromatic rings. The molecule has 3 aliphatic carbocycles. The molecule has 1 aromatic carbocycles. The molecule has 0 aromatic heterocycles. The molecule has 1 unspecified atom stereocenters. The van der Waals surface area contributed by atoms with Crippen molar-refractivity contribution in [2.75, 3.05) is 0 Å². The maximum atomic E-state index is 6.57. The molecule has 126 valence electrons. The van der Waals surface area contributed by atoms with Gasteiger partial charge in [0.2, 0.25) is 0 Å². The number of halogens is 2. The number of rotatable bonds is 1. The van der Waals surface area contributed by atoms with E-state index in [1.165, 1.54) is 5.56 Å². The number of nitrogens with two attached hydrogens (primary N) is 1. The van der Waals surface area contributed by atoms with Crippen LogP contribution in [0.2, 0.25) is 5.02 Å². The molecule has 3 fully saturated rings. The van der Waals surface area contributed by atoms with Crippen molar-refractivity contribution in [2.24, 2.45) is 11.1 Å². The number of fused-ring (bicyclic) bond motifs is 4. The van der Waals surface area contributed by atoms with Crippen LogP contribution in [0, 0.1) is 22.8 Å². The largest absolute Gasteiger partial charge is 0.448 e. The Labute approximate surface area is 156 Å². The first kappa shape index (κ1) is 16.3. The molecule has 1 aliphatic heterocycles. The van der Waals surface area contributed by atoms with E-state index in [9.17, 15) is 0 Å². The Bertz CT molecular complexity index is 641. The molecule has 5 rings (SSSR count). The molecule has 0 amide bonds. The van der Waals surface area contributed by atoms with Gasteiger partial charge in [-0.05, 0) is 86.1 Å². The second-order valence-electron chi connectivity index (χ2n) is 7.83. The third kappa shape index (κ3) is 2.10. The summed E-state index contributed by atoms with van der Waals surface area (Å²) in [6.45, 7) is 6.27. The van der Waals surface area contributed by atoms with Gasteiger partial charge in [-0.3, -0.25) is 0 Å². The molecule has 0 radical (unpaired) electrons. The van der Waals surface area contributed by atoms with Crippen LogP contribution in [0.4, 0.5) is 0 Å².